The molecule has 5 nitrogen and oxygen atoms in total. The van der Waals surface area contributed by atoms with Gasteiger partial charge in [0.1, 0.15) is 0 Å². The number of hydrogen-bond acceptors (Lipinski definition) is 4. The van der Waals surface area contributed by atoms with Gasteiger partial charge in [0.05, 0.1) is 5.92 Å². The van der Waals surface area contributed by atoms with Crippen LogP contribution in [0.15, 0.2) is 0 Å². The van der Waals surface area contributed by atoms with E-state index in [0.717, 1.165) is 19.3 Å². The maximum Gasteiger partial charge on any atom is 0.306 e. The minimum absolute atomic E-state index is 0.0938. The number of carboxylic acid groups (broad SMARTS) is 1. The zero-order chi connectivity index (χ0) is 25.2. The Morgan fingerprint density at radius 1 is 0.688 bits per heavy atom. The van der Waals surface area contributed by atoms with E-state index < -0.39 is 16.5 Å². The molecule has 0 bridgehead atoms. The van der Waals surface area contributed by atoms with Crippen LogP contribution in [0.25, 0.3) is 0 Å². The van der Waals surface area contributed by atoms with Crippen LogP contribution in [0, 0.1) is 47.3 Å². The molecule has 2 fully saturated rings. The topological polar surface area (TPSA) is 88.5 Å². The molecular weight excluding hydrogens is 475 g/mol. The minimum Gasteiger partial charge on any atom is -0.481 e. The van der Waals surface area contributed by atoms with Crippen LogP contribution in [-0.4, -0.2) is 26.8 Å². The maximum atomic E-state index is 11.2. The van der Waals surface area contributed by atoms with Gasteiger partial charge in [0.2, 0.25) is 5.24 Å². The molecule has 0 aromatic heterocycles. The van der Waals surface area contributed by atoms with Crippen molar-refractivity contribution in [2.24, 2.45) is 47.3 Å². The standard InChI is InChI=1S/C11H19ClO.C11H20O2.C2Cl2O2/c2*1-7(2)9-5-4-8(3)6-10(9)11(12)13;3-1(5)2(4)6/h7-10H,4-6H2,1-3H3;7-10H,4-6H2,1-3H3,(H,12,13);/t2*8-,9+,10-;/m11./s1. The Morgan fingerprint density at radius 3 is 1.31 bits per heavy atom. The Balaban J connectivity index is 0.000000484. The predicted octanol–water partition coefficient (Wildman–Crippen LogP) is 6.76. The molecule has 186 valence electrons. The van der Waals surface area contributed by atoms with Gasteiger partial charge in [-0.2, -0.15) is 0 Å². The average Bonchev–Trinajstić information content (AvgIpc) is 2.68. The predicted molar refractivity (Wildman–Crippen MR) is 130 cm³/mol. The highest BCUT2D eigenvalue weighted by molar-refractivity contribution is 6.97. The van der Waals surface area contributed by atoms with Gasteiger partial charge in [-0.1, -0.05) is 54.4 Å². The Labute approximate surface area is 207 Å². The number of halogens is 3. The first kappa shape index (κ1) is 31.4. The third kappa shape index (κ3) is 11.5. The van der Waals surface area contributed by atoms with Crippen LogP contribution < -0.4 is 0 Å². The molecule has 0 aliphatic heterocycles. The van der Waals surface area contributed by atoms with Crippen LogP contribution in [0.1, 0.15) is 80.1 Å². The summed E-state index contributed by atoms with van der Waals surface area (Å²) in [6.45, 7) is 13.0. The molecule has 2 saturated carbocycles. The molecule has 0 amide bonds. The minimum atomic E-state index is -1.14. The third-order valence-electron chi connectivity index (χ3n) is 6.81. The van der Waals surface area contributed by atoms with E-state index in [2.05, 4.69) is 64.7 Å². The number of carbonyl (C=O) groups is 4. The van der Waals surface area contributed by atoms with E-state index in [4.69, 9.17) is 16.7 Å². The fraction of sp³-hybridized carbons (Fsp3) is 0.833. The van der Waals surface area contributed by atoms with E-state index in [1.165, 1.54) is 19.3 Å². The number of carbonyl (C=O) groups excluding carboxylic acids is 3. The SMILES string of the molecule is CC(C)[C@@H]1CC[C@@H](C)C[C@H]1C(=O)Cl.CC(C)[C@@H]1CC[C@@H](C)C[C@H]1C(=O)O.O=C(Cl)C(=O)Cl. The normalized spacial score (nSPS) is 29.8. The summed E-state index contributed by atoms with van der Waals surface area (Å²) >= 11 is 14.6. The largest absolute Gasteiger partial charge is 0.481 e. The van der Waals surface area contributed by atoms with Crippen molar-refractivity contribution in [1.29, 1.82) is 0 Å². The fourth-order valence-corrected chi connectivity index (χ4v) is 5.20. The molecule has 0 spiro atoms. The summed E-state index contributed by atoms with van der Waals surface area (Å²) in [5, 5.41) is 6.67. The molecule has 0 radical (unpaired) electrons. The van der Waals surface area contributed by atoms with Gasteiger partial charge < -0.3 is 5.11 Å². The number of hydrogen-bond donors (Lipinski definition) is 1. The summed E-state index contributed by atoms with van der Waals surface area (Å²) in [6.07, 6.45) is 6.58. The molecule has 0 heterocycles. The lowest BCUT2D eigenvalue weighted by atomic mass is 9.70. The van der Waals surface area contributed by atoms with E-state index in [1.807, 2.05) is 0 Å². The quantitative estimate of drug-likeness (QED) is 0.324. The molecule has 1 N–H and O–H groups in total. The van der Waals surface area contributed by atoms with Gasteiger partial charge >= 0.3 is 16.5 Å². The first-order valence-corrected chi connectivity index (χ1v) is 12.6. The van der Waals surface area contributed by atoms with Crippen molar-refractivity contribution in [2.75, 3.05) is 0 Å². The lowest BCUT2D eigenvalue weighted by molar-refractivity contribution is -0.146. The van der Waals surface area contributed by atoms with Gasteiger partial charge in [-0.25, -0.2) is 0 Å². The second kappa shape index (κ2) is 15.3. The molecule has 0 saturated heterocycles. The average molecular weight is 514 g/mol. The number of carboxylic acids is 1. The van der Waals surface area contributed by atoms with Crippen LogP contribution in [0.5, 0.6) is 0 Å². The van der Waals surface area contributed by atoms with Crippen molar-refractivity contribution in [3.8, 4) is 0 Å². The molecule has 0 aromatic carbocycles. The molecule has 0 aromatic rings. The fourth-order valence-electron chi connectivity index (χ4n) is 4.95. The summed E-state index contributed by atoms with van der Waals surface area (Å²) in [6, 6.07) is 0. The summed E-state index contributed by atoms with van der Waals surface area (Å²) in [7, 11) is 0. The van der Waals surface area contributed by atoms with Gasteiger partial charge in [-0.15, -0.1) is 0 Å². The molecule has 2 aliphatic rings. The van der Waals surface area contributed by atoms with E-state index in [0.29, 0.717) is 35.5 Å². The summed E-state index contributed by atoms with van der Waals surface area (Å²) in [5.74, 6) is 2.70. The Hall–Kier alpha value is -0.650. The Bertz CT molecular complexity index is 581. The molecule has 6 atom stereocenters. The molecule has 2 aliphatic carbocycles. The smallest absolute Gasteiger partial charge is 0.306 e. The van der Waals surface area contributed by atoms with Crippen molar-refractivity contribution in [3.05, 3.63) is 0 Å². The number of rotatable bonds is 5. The lowest BCUT2D eigenvalue weighted by Gasteiger charge is -2.35. The van der Waals surface area contributed by atoms with Crippen molar-refractivity contribution in [2.45, 2.75) is 80.1 Å². The summed E-state index contributed by atoms with van der Waals surface area (Å²) < 4.78 is 0. The van der Waals surface area contributed by atoms with Crippen LogP contribution >= 0.6 is 34.8 Å². The van der Waals surface area contributed by atoms with E-state index in [1.54, 1.807) is 0 Å². The second-order valence-electron chi connectivity index (χ2n) is 10.1. The van der Waals surface area contributed by atoms with Crippen molar-refractivity contribution in [1.82, 2.24) is 0 Å². The van der Waals surface area contributed by atoms with Gasteiger partial charge in [-0.05, 0) is 96.0 Å². The molecule has 0 unspecified atom stereocenters. The van der Waals surface area contributed by atoms with E-state index in [9.17, 15) is 19.2 Å². The van der Waals surface area contributed by atoms with Crippen molar-refractivity contribution < 1.29 is 24.3 Å². The summed E-state index contributed by atoms with van der Waals surface area (Å²) in [4.78, 5) is 41.1. The maximum absolute atomic E-state index is 11.2. The lowest BCUT2D eigenvalue weighted by Crippen LogP contribution is -2.33. The molecule has 2 rings (SSSR count). The summed E-state index contributed by atoms with van der Waals surface area (Å²) in [5.41, 5.74) is 0. The van der Waals surface area contributed by atoms with E-state index in [-0.39, 0.29) is 17.1 Å². The molecule has 8 heteroatoms. The van der Waals surface area contributed by atoms with Crippen molar-refractivity contribution >= 4 is 56.5 Å². The van der Waals surface area contributed by atoms with Crippen LogP contribution in [-0.2, 0) is 19.2 Å². The highest BCUT2D eigenvalue weighted by Gasteiger charge is 2.35. The second-order valence-corrected chi connectivity index (χ2v) is 11.1. The monoisotopic (exact) mass is 512 g/mol. The molecule has 32 heavy (non-hydrogen) atoms. The van der Waals surface area contributed by atoms with Crippen LogP contribution in [0.4, 0.5) is 0 Å². The zero-order valence-electron chi connectivity index (χ0n) is 20.1. The highest BCUT2D eigenvalue weighted by atomic mass is 35.5. The first-order valence-electron chi connectivity index (χ1n) is 11.5. The zero-order valence-corrected chi connectivity index (χ0v) is 22.3. The highest BCUT2D eigenvalue weighted by Crippen LogP contribution is 2.39. The van der Waals surface area contributed by atoms with Crippen molar-refractivity contribution in [3.63, 3.8) is 0 Å². The van der Waals surface area contributed by atoms with Crippen LogP contribution in [0.2, 0.25) is 0 Å². The van der Waals surface area contributed by atoms with Gasteiger partial charge in [-0.3, -0.25) is 19.2 Å². The Morgan fingerprint density at radius 2 is 1.03 bits per heavy atom. The molecular formula is C24H39Cl3O5. The van der Waals surface area contributed by atoms with E-state index >= 15 is 0 Å². The third-order valence-corrected chi connectivity index (χ3v) is 7.53. The number of aliphatic carboxylic acids is 1. The first-order chi connectivity index (χ1) is 14.7. The van der Waals surface area contributed by atoms with Gasteiger partial charge in [0, 0.05) is 5.92 Å². The van der Waals surface area contributed by atoms with Crippen LogP contribution in [0.3, 0.4) is 0 Å². The van der Waals surface area contributed by atoms with Gasteiger partial charge in [0.25, 0.3) is 0 Å². The van der Waals surface area contributed by atoms with Gasteiger partial charge in [0.15, 0.2) is 0 Å². The Kier molecular flexibility index (Phi) is 15.0.